The van der Waals surface area contributed by atoms with E-state index in [2.05, 4.69) is 10.3 Å². The quantitative estimate of drug-likeness (QED) is 0.863. The Balaban J connectivity index is 1.93. The summed E-state index contributed by atoms with van der Waals surface area (Å²) in [5, 5.41) is 3.03. The van der Waals surface area contributed by atoms with Gasteiger partial charge in [0.2, 0.25) is 0 Å². The van der Waals surface area contributed by atoms with Crippen LogP contribution in [0.2, 0.25) is 0 Å². The summed E-state index contributed by atoms with van der Waals surface area (Å²) in [7, 11) is 0. The number of halogens is 1. The third-order valence-corrected chi connectivity index (χ3v) is 4.14. The molecule has 0 saturated heterocycles. The average molecular weight is 305 g/mol. The molecule has 1 aliphatic heterocycles. The van der Waals surface area contributed by atoms with Gasteiger partial charge in [-0.05, 0) is 24.6 Å². The maximum absolute atomic E-state index is 13.6. The molecule has 1 amide bonds. The third kappa shape index (κ3) is 2.56. The van der Waals surface area contributed by atoms with Gasteiger partial charge in [-0.25, -0.2) is 9.37 Å². The normalized spacial score (nSPS) is 13.0. The van der Waals surface area contributed by atoms with Gasteiger partial charge in [0.25, 0.3) is 11.5 Å². The Morgan fingerprint density at radius 1 is 1.48 bits per heavy atom. The van der Waals surface area contributed by atoms with E-state index in [0.717, 1.165) is 11.3 Å². The molecule has 0 bridgehead atoms. The van der Waals surface area contributed by atoms with E-state index in [1.54, 1.807) is 13.0 Å². The largest absolute Gasteiger partial charge is 0.319 e. The number of carbonyl (C=O) groups is 1. The first-order chi connectivity index (χ1) is 10.1. The lowest BCUT2D eigenvalue weighted by Crippen LogP contribution is -2.29. The Morgan fingerprint density at radius 2 is 2.29 bits per heavy atom. The number of fused-ring (bicyclic) bond motifs is 1. The Hall–Kier alpha value is -2.15. The summed E-state index contributed by atoms with van der Waals surface area (Å²) in [5.41, 5.74) is 0.392. The minimum atomic E-state index is -0.649. The highest BCUT2D eigenvalue weighted by Crippen LogP contribution is 2.21. The topological polar surface area (TPSA) is 64.0 Å². The Labute approximate surface area is 124 Å². The van der Waals surface area contributed by atoms with E-state index < -0.39 is 17.3 Å². The van der Waals surface area contributed by atoms with Gasteiger partial charge in [0.05, 0.1) is 5.69 Å². The first-order valence-corrected chi connectivity index (χ1v) is 7.35. The number of aryl methyl sites for hydroxylation is 1. The minimum Gasteiger partial charge on any atom is -0.319 e. The summed E-state index contributed by atoms with van der Waals surface area (Å²) < 4.78 is 15.1. The zero-order chi connectivity index (χ0) is 15.0. The molecule has 1 aromatic heterocycles. The van der Waals surface area contributed by atoms with Gasteiger partial charge in [0, 0.05) is 18.5 Å². The fourth-order valence-corrected chi connectivity index (χ4v) is 3.01. The van der Waals surface area contributed by atoms with Crippen LogP contribution in [-0.4, -0.2) is 21.2 Å². The SMILES string of the molecule is Cc1ccc(F)c(NC(=O)c2cnc3n(c2=O)CCS3)c1. The second-order valence-corrected chi connectivity index (χ2v) is 5.76. The van der Waals surface area contributed by atoms with E-state index >= 15 is 0 Å². The predicted molar refractivity (Wildman–Crippen MR) is 78.3 cm³/mol. The molecule has 1 aromatic carbocycles. The zero-order valence-corrected chi connectivity index (χ0v) is 12.0. The summed E-state index contributed by atoms with van der Waals surface area (Å²) in [5.74, 6) is -0.428. The minimum absolute atomic E-state index is 0.0549. The number of rotatable bonds is 2. The standard InChI is InChI=1S/C14H12FN3O2S/c1-8-2-3-10(15)11(6-8)17-12(19)9-7-16-14-18(13(9)20)4-5-21-14/h2-3,6-7H,4-5H2,1H3,(H,17,19). The van der Waals surface area contributed by atoms with Crippen molar-refractivity contribution in [2.75, 3.05) is 11.1 Å². The second-order valence-electron chi connectivity index (χ2n) is 4.70. The van der Waals surface area contributed by atoms with E-state index in [-0.39, 0.29) is 11.3 Å². The van der Waals surface area contributed by atoms with Crippen molar-refractivity contribution >= 4 is 23.4 Å². The summed E-state index contributed by atoms with van der Waals surface area (Å²) in [6.45, 7) is 2.32. The van der Waals surface area contributed by atoms with Gasteiger partial charge in [-0.15, -0.1) is 0 Å². The van der Waals surface area contributed by atoms with Crippen LogP contribution in [-0.2, 0) is 6.54 Å². The fraction of sp³-hybridized carbons (Fsp3) is 0.214. The third-order valence-electron chi connectivity index (χ3n) is 3.17. The van der Waals surface area contributed by atoms with Crippen LogP contribution in [0.4, 0.5) is 10.1 Å². The lowest BCUT2D eigenvalue weighted by atomic mass is 10.2. The van der Waals surface area contributed by atoms with Crippen molar-refractivity contribution in [3.8, 4) is 0 Å². The van der Waals surface area contributed by atoms with Crippen molar-refractivity contribution in [1.29, 1.82) is 0 Å². The summed E-state index contributed by atoms with van der Waals surface area (Å²) >= 11 is 1.47. The molecule has 0 unspecified atom stereocenters. The number of nitrogens with zero attached hydrogens (tertiary/aromatic N) is 2. The lowest BCUT2D eigenvalue weighted by molar-refractivity contribution is 0.102. The van der Waals surface area contributed by atoms with Crippen molar-refractivity contribution in [2.45, 2.75) is 18.6 Å². The molecule has 21 heavy (non-hydrogen) atoms. The van der Waals surface area contributed by atoms with Gasteiger partial charge in [-0.1, -0.05) is 17.8 Å². The number of anilines is 1. The second kappa shape index (κ2) is 5.33. The van der Waals surface area contributed by atoms with Gasteiger partial charge in [-0.3, -0.25) is 14.2 Å². The molecule has 0 atom stereocenters. The Bertz CT molecular complexity index is 788. The van der Waals surface area contributed by atoms with Crippen LogP contribution < -0.4 is 10.9 Å². The maximum Gasteiger partial charge on any atom is 0.267 e. The number of amides is 1. The molecule has 0 aliphatic carbocycles. The Kier molecular flexibility index (Phi) is 3.50. The number of benzene rings is 1. The van der Waals surface area contributed by atoms with Crippen LogP contribution in [0.25, 0.3) is 0 Å². The summed E-state index contributed by atoms with van der Waals surface area (Å²) in [6, 6.07) is 4.39. The first kappa shape index (κ1) is 13.8. The molecule has 1 aliphatic rings. The molecule has 7 heteroatoms. The fourth-order valence-electron chi connectivity index (χ4n) is 2.10. The summed E-state index contributed by atoms with van der Waals surface area (Å²) in [4.78, 5) is 28.5. The average Bonchev–Trinajstić information content (AvgIpc) is 2.92. The highest BCUT2D eigenvalue weighted by atomic mass is 32.2. The highest BCUT2D eigenvalue weighted by Gasteiger charge is 2.20. The van der Waals surface area contributed by atoms with Crippen molar-refractivity contribution in [3.05, 3.63) is 51.7 Å². The van der Waals surface area contributed by atoms with Crippen molar-refractivity contribution < 1.29 is 9.18 Å². The van der Waals surface area contributed by atoms with Crippen LogP contribution in [0.5, 0.6) is 0 Å². The molecule has 2 aromatic rings. The lowest BCUT2D eigenvalue weighted by Gasteiger charge is -2.08. The molecular formula is C14H12FN3O2S. The van der Waals surface area contributed by atoms with E-state index in [1.165, 1.54) is 34.7 Å². The van der Waals surface area contributed by atoms with Crippen LogP contribution in [0.1, 0.15) is 15.9 Å². The smallest absolute Gasteiger partial charge is 0.267 e. The van der Waals surface area contributed by atoms with Gasteiger partial charge in [-0.2, -0.15) is 0 Å². The molecule has 0 radical (unpaired) electrons. The molecule has 108 valence electrons. The van der Waals surface area contributed by atoms with Gasteiger partial charge in [0.1, 0.15) is 11.4 Å². The number of nitrogens with one attached hydrogen (secondary N) is 1. The molecule has 0 spiro atoms. The first-order valence-electron chi connectivity index (χ1n) is 6.36. The van der Waals surface area contributed by atoms with E-state index in [4.69, 9.17) is 0 Å². The molecule has 3 rings (SSSR count). The number of hydrogen-bond donors (Lipinski definition) is 1. The van der Waals surface area contributed by atoms with Crippen LogP contribution in [0.15, 0.2) is 34.3 Å². The highest BCUT2D eigenvalue weighted by molar-refractivity contribution is 7.99. The number of hydrogen-bond acceptors (Lipinski definition) is 4. The predicted octanol–water partition coefficient (Wildman–Crippen LogP) is 2.05. The number of thioether (sulfide) groups is 1. The molecule has 2 heterocycles. The molecular weight excluding hydrogens is 293 g/mol. The van der Waals surface area contributed by atoms with Crippen LogP contribution >= 0.6 is 11.8 Å². The van der Waals surface area contributed by atoms with Crippen LogP contribution in [0, 0.1) is 12.7 Å². The van der Waals surface area contributed by atoms with Gasteiger partial charge in [0.15, 0.2) is 5.16 Å². The number of aromatic nitrogens is 2. The van der Waals surface area contributed by atoms with E-state index in [0.29, 0.717) is 11.7 Å². The van der Waals surface area contributed by atoms with E-state index in [9.17, 15) is 14.0 Å². The maximum atomic E-state index is 13.6. The number of carbonyl (C=O) groups excluding carboxylic acids is 1. The van der Waals surface area contributed by atoms with Crippen molar-refractivity contribution in [1.82, 2.24) is 9.55 Å². The Morgan fingerprint density at radius 3 is 3.10 bits per heavy atom. The molecule has 5 nitrogen and oxygen atoms in total. The van der Waals surface area contributed by atoms with Gasteiger partial charge >= 0.3 is 0 Å². The monoisotopic (exact) mass is 305 g/mol. The van der Waals surface area contributed by atoms with Crippen LogP contribution in [0.3, 0.4) is 0 Å². The zero-order valence-electron chi connectivity index (χ0n) is 11.2. The van der Waals surface area contributed by atoms with Crippen molar-refractivity contribution in [3.63, 3.8) is 0 Å². The van der Waals surface area contributed by atoms with E-state index in [1.807, 2.05) is 0 Å². The summed E-state index contributed by atoms with van der Waals surface area (Å²) in [6.07, 6.45) is 1.25. The van der Waals surface area contributed by atoms with Gasteiger partial charge < -0.3 is 5.32 Å². The van der Waals surface area contributed by atoms with Crippen molar-refractivity contribution in [2.24, 2.45) is 0 Å². The molecule has 0 saturated carbocycles. The molecule has 0 fully saturated rings. The molecule has 1 N–H and O–H groups in total.